The first kappa shape index (κ1) is 15.0. The van der Waals surface area contributed by atoms with Crippen LogP contribution in [0.4, 0.5) is 4.39 Å². The second kappa shape index (κ2) is 7.39. The van der Waals surface area contributed by atoms with Crippen LogP contribution in [-0.2, 0) is 9.63 Å². The third-order valence-electron chi connectivity index (χ3n) is 4.14. The van der Waals surface area contributed by atoms with Crippen LogP contribution in [0.25, 0.3) is 0 Å². The number of rotatable bonds is 5. The molecule has 1 aromatic carbocycles. The summed E-state index contributed by atoms with van der Waals surface area (Å²) in [7, 11) is 1.44. The van der Waals surface area contributed by atoms with Crippen LogP contribution in [0.5, 0.6) is 0 Å². The highest BCUT2D eigenvalue weighted by Crippen LogP contribution is 2.38. The van der Waals surface area contributed by atoms with Crippen LogP contribution in [0.3, 0.4) is 0 Å². The minimum absolute atomic E-state index is 0.118. The van der Waals surface area contributed by atoms with Crippen LogP contribution in [0.1, 0.15) is 50.0 Å². The van der Waals surface area contributed by atoms with E-state index in [4.69, 9.17) is 0 Å². The molecular weight excluding hydrogens is 257 g/mol. The van der Waals surface area contributed by atoms with Crippen molar-refractivity contribution < 1.29 is 14.0 Å². The molecule has 2 rings (SSSR count). The van der Waals surface area contributed by atoms with E-state index < -0.39 is 0 Å². The largest absolute Gasteiger partial charge is 0.277 e. The second-order valence-electron chi connectivity index (χ2n) is 5.49. The van der Waals surface area contributed by atoms with Gasteiger partial charge in [-0.3, -0.25) is 9.63 Å². The molecule has 1 unspecified atom stereocenters. The standard InChI is InChI=1S/C16H22FNO2/c1-20-18-16(19)11-15(12-5-3-2-4-6-12)13-7-9-14(17)10-8-13/h7-10,12,15H,2-6,11H2,1H3,(H,18,19). The van der Waals surface area contributed by atoms with Gasteiger partial charge in [0.05, 0.1) is 7.11 Å². The Kier molecular flexibility index (Phi) is 5.53. The molecule has 4 heteroatoms. The van der Waals surface area contributed by atoms with Crippen molar-refractivity contribution in [1.29, 1.82) is 0 Å². The van der Waals surface area contributed by atoms with Crippen LogP contribution in [0, 0.1) is 11.7 Å². The molecule has 1 atom stereocenters. The predicted octanol–water partition coefficient (Wildman–Crippen LogP) is 3.56. The minimum Gasteiger partial charge on any atom is -0.277 e. The van der Waals surface area contributed by atoms with Gasteiger partial charge in [0, 0.05) is 6.42 Å². The normalized spacial score (nSPS) is 17.7. The van der Waals surface area contributed by atoms with Crippen LogP contribution < -0.4 is 5.48 Å². The summed E-state index contributed by atoms with van der Waals surface area (Å²) >= 11 is 0. The summed E-state index contributed by atoms with van der Waals surface area (Å²) in [4.78, 5) is 16.5. The average Bonchev–Trinajstić information content (AvgIpc) is 2.47. The molecule has 1 saturated carbocycles. The van der Waals surface area contributed by atoms with Crippen LogP contribution in [0.2, 0.25) is 0 Å². The fourth-order valence-corrected chi connectivity index (χ4v) is 3.16. The van der Waals surface area contributed by atoms with Crippen LogP contribution >= 0.6 is 0 Å². The zero-order valence-electron chi connectivity index (χ0n) is 11.9. The van der Waals surface area contributed by atoms with Gasteiger partial charge < -0.3 is 0 Å². The number of nitrogens with one attached hydrogen (secondary N) is 1. The van der Waals surface area contributed by atoms with Crippen LogP contribution in [-0.4, -0.2) is 13.0 Å². The van der Waals surface area contributed by atoms with Gasteiger partial charge >= 0.3 is 0 Å². The van der Waals surface area contributed by atoms with Gasteiger partial charge in [-0.2, -0.15) is 0 Å². The maximum Gasteiger partial charge on any atom is 0.244 e. The molecule has 0 aliphatic heterocycles. The Morgan fingerprint density at radius 3 is 2.55 bits per heavy atom. The Morgan fingerprint density at radius 1 is 1.30 bits per heavy atom. The van der Waals surface area contributed by atoms with Gasteiger partial charge in [-0.25, -0.2) is 9.87 Å². The van der Waals surface area contributed by atoms with Crippen molar-refractivity contribution in [2.75, 3.05) is 7.11 Å². The number of carbonyl (C=O) groups is 1. The zero-order chi connectivity index (χ0) is 14.4. The Bertz CT molecular complexity index is 427. The first-order valence-electron chi connectivity index (χ1n) is 7.28. The van der Waals surface area contributed by atoms with Crippen molar-refractivity contribution in [3.05, 3.63) is 35.6 Å². The Hall–Kier alpha value is -1.42. The number of hydroxylamine groups is 1. The Balaban J connectivity index is 2.13. The third kappa shape index (κ3) is 4.04. The molecule has 0 bridgehead atoms. The number of amides is 1. The molecular formula is C16H22FNO2. The Morgan fingerprint density at radius 2 is 1.95 bits per heavy atom. The van der Waals surface area contributed by atoms with Crippen LogP contribution in [0.15, 0.2) is 24.3 Å². The molecule has 3 nitrogen and oxygen atoms in total. The van der Waals surface area contributed by atoms with Gasteiger partial charge in [-0.05, 0) is 42.4 Å². The van der Waals surface area contributed by atoms with E-state index in [-0.39, 0.29) is 17.6 Å². The first-order valence-corrected chi connectivity index (χ1v) is 7.28. The summed E-state index contributed by atoms with van der Waals surface area (Å²) in [5, 5.41) is 0. The van der Waals surface area contributed by atoms with Gasteiger partial charge in [0.25, 0.3) is 0 Å². The zero-order valence-corrected chi connectivity index (χ0v) is 11.9. The van der Waals surface area contributed by atoms with Gasteiger partial charge in [0.15, 0.2) is 0 Å². The highest BCUT2D eigenvalue weighted by atomic mass is 19.1. The summed E-state index contributed by atoms with van der Waals surface area (Å²) in [6.07, 6.45) is 6.38. The summed E-state index contributed by atoms with van der Waals surface area (Å²) in [6, 6.07) is 6.54. The number of carbonyl (C=O) groups excluding carboxylic acids is 1. The van der Waals surface area contributed by atoms with E-state index in [9.17, 15) is 9.18 Å². The summed E-state index contributed by atoms with van der Waals surface area (Å²) in [6.45, 7) is 0. The maximum absolute atomic E-state index is 13.1. The van der Waals surface area contributed by atoms with Crippen molar-refractivity contribution >= 4 is 5.91 Å². The molecule has 1 amide bonds. The highest BCUT2D eigenvalue weighted by Gasteiger charge is 2.27. The lowest BCUT2D eigenvalue weighted by molar-refractivity contribution is -0.132. The molecule has 1 aliphatic carbocycles. The topological polar surface area (TPSA) is 38.3 Å². The summed E-state index contributed by atoms with van der Waals surface area (Å²) < 4.78 is 13.1. The van der Waals surface area contributed by atoms with E-state index in [1.54, 1.807) is 12.1 Å². The molecule has 110 valence electrons. The summed E-state index contributed by atoms with van der Waals surface area (Å²) in [5.74, 6) is 0.285. The fourth-order valence-electron chi connectivity index (χ4n) is 3.16. The highest BCUT2D eigenvalue weighted by molar-refractivity contribution is 5.75. The molecule has 0 spiro atoms. The van der Waals surface area contributed by atoms with Crippen molar-refractivity contribution in [2.24, 2.45) is 5.92 Å². The average molecular weight is 279 g/mol. The van der Waals surface area contributed by atoms with Gasteiger partial charge in [0.1, 0.15) is 5.82 Å². The third-order valence-corrected chi connectivity index (χ3v) is 4.14. The minimum atomic E-state index is -0.238. The monoisotopic (exact) mass is 279 g/mol. The quantitative estimate of drug-likeness (QED) is 0.837. The van der Waals surface area contributed by atoms with E-state index in [1.807, 2.05) is 0 Å². The van der Waals surface area contributed by atoms with Crippen molar-refractivity contribution in [2.45, 2.75) is 44.4 Å². The lowest BCUT2D eigenvalue weighted by Gasteiger charge is -2.30. The van der Waals surface area contributed by atoms with Gasteiger partial charge in [-0.15, -0.1) is 0 Å². The molecule has 0 saturated heterocycles. The molecule has 0 heterocycles. The number of hydrogen-bond acceptors (Lipinski definition) is 2. The molecule has 0 radical (unpaired) electrons. The summed E-state index contributed by atoms with van der Waals surface area (Å²) in [5.41, 5.74) is 3.43. The Labute approximate surface area is 119 Å². The predicted molar refractivity (Wildman–Crippen MR) is 75.5 cm³/mol. The lowest BCUT2D eigenvalue weighted by atomic mass is 9.75. The van der Waals surface area contributed by atoms with E-state index >= 15 is 0 Å². The van der Waals surface area contributed by atoms with E-state index in [0.29, 0.717) is 12.3 Å². The maximum atomic E-state index is 13.1. The van der Waals surface area contributed by atoms with Gasteiger partial charge in [0.2, 0.25) is 5.91 Å². The molecule has 20 heavy (non-hydrogen) atoms. The van der Waals surface area contributed by atoms with E-state index in [0.717, 1.165) is 18.4 Å². The number of hydrogen-bond donors (Lipinski definition) is 1. The molecule has 1 fully saturated rings. The molecule has 0 aromatic heterocycles. The fraction of sp³-hybridized carbons (Fsp3) is 0.562. The smallest absolute Gasteiger partial charge is 0.244 e. The first-order chi connectivity index (χ1) is 9.70. The van der Waals surface area contributed by atoms with Crippen molar-refractivity contribution in [3.8, 4) is 0 Å². The number of benzene rings is 1. The van der Waals surface area contributed by atoms with Gasteiger partial charge in [-0.1, -0.05) is 31.4 Å². The molecule has 1 aromatic rings. The molecule has 1 aliphatic rings. The van der Waals surface area contributed by atoms with E-state index in [1.165, 1.54) is 38.5 Å². The number of halogens is 1. The molecule has 1 N–H and O–H groups in total. The van der Waals surface area contributed by atoms with Crippen molar-refractivity contribution in [1.82, 2.24) is 5.48 Å². The van der Waals surface area contributed by atoms with Crippen molar-refractivity contribution in [3.63, 3.8) is 0 Å². The lowest BCUT2D eigenvalue weighted by Crippen LogP contribution is -2.27. The SMILES string of the molecule is CONC(=O)CC(c1ccc(F)cc1)C1CCCCC1. The second-order valence-corrected chi connectivity index (χ2v) is 5.49. The van der Waals surface area contributed by atoms with E-state index in [2.05, 4.69) is 10.3 Å².